The molecule has 25 heavy (non-hydrogen) atoms. The zero-order valence-corrected chi connectivity index (χ0v) is 13.5. The number of thioether (sulfide) groups is 1. The molecular formula is C15H11N5O4S. The Morgan fingerprint density at radius 3 is 2.76 bits per heavy atom. The number of benzene rings is 1. The van der Waals surface area contributed by atoms with Crippen LogP contribution in [0.1, 0.15) is 0 Å². The van der Waals surface area contributed by atoms with Gasteiger partial charge >= 0.3 is 0 Å². The first-order valence-electron chi connectivity index (χ1n) is 7.04. The zero-order chi connectivity index (χ0) is 17.6. The van der Waals surface area contributed by atoms with E-state index >= 15 is 0 Å². The molecule has 0 aliphatic carbocycles. The average molecular weight is 357 g/mol. The highest BCUT2D eigenvalue weighted by Gasteiger charge is 2.20. The molecule has 9 nitrogen and oxygen atoms in total. The summed E-state index contributed by atoms with van der Waals surface area (Å²) in [6.45, 7) is 0. The molecule has 0 atom stereocenters. The van der Waals surface area contributed by atoms with Crippen molar-refractivity contribution >= 4 is 29.2 Å². The molecule has 1 N–H and O–H groups in total. The van der Waals surface area contributed by atoms with Crippen molar-refractivity contribution in [2.24, 2.45) is 0 Å². The van der Waals surface area contributed by atoms with Crippen LogP contribution in [0.4, 0.5) is 11.5 Å². The van der Waals surface area contributed by atoms with Gasteiger partial charge in [-0.1, -0.05) is 30.0 Å². The number of rotatable bonds is 6. The molecule has 10 heteroatoms. The number of anilines is 1. The predicted molar refractivity (Wildman–Crippen MR) is 90.0 cm³/mol. The Hall–Kier alpha value is -3.27. The zero-order valence-electron chi connectivity index (χ0n) is 12.7. The second-order valence-corrected chi connectivity index (χ2v) is 5.63. The third-order valence-corrected chi connectivity index (χ3v) is 3.82. The molecule has 0 saturated heterocycles. The minimum absolute atomic E-state index is 0.0277. The second kappa shape index (κ2) is 7.53. The number of carbonyl (C=O) groups excluding carboxylic acids is 1. The summed E-state index contributed by atoms with van der Waals surface area (Å²) >= 11 is 1.03. The van der Waals surface area contributed by atoms with Gasteiger partial charge in [0.05, 0.1) is 10.7 Å². The molecule has 0 bridgehead atoms. The van der Waals surface area contributed by atoms with E-state index in [0.717, 1.165) is 11.8 Å². The average Bonchev–Trinajstić information content (AvgIpc) is 3.10. The lowest BCUT2D eigenvalue weighted by molar-refractivity contribution is -0.384. The number of nitrogens with one attached hydrogen (secondary N) is 1. The monoisotopic (exact) mass is 357 g/mol. The molecule has 2 aromatic heterocycles. The SMILES string of the molecule is O=C(CSc1nnc(-c2ccccc2[N+](=O)[O-])o1)Nc1ccccn1. The molecule has 0 aliphatic rings. The number of hydrogen-bond donors (Lipinski definition) is 1. The van der Waals surface area contributed by atoms with E-state index in [1.165, 1.54) is 12.1 Å². The highest BCUT2D eigenvalue weighted by atomic mass is 32.2. The minimum Gasteiger partial charge on any atom is -0.411 e. The molecule has 3 aromatic rings. The van der Waals surface area contributed by atoms with Crippen LogP contribution < -0.4 is 5.32 Å². The summed E-state index contributed by atoms with van der Waals surface area (Å²) in [6.07, 6.45) is 1.57. The standard InChI is InChI=1S/C15H11N5O4S/c21-13(17-12-7-3-4-8-16-12)9-25-15-19-18-14(24-15)10-5-1-2-6-11(10)20(22)23/h1-8H,9H2,(H,16,17,21). The van der Waals surface area contributed by atoms with E-state index in [1.54, 1.807) is 36.5 Å². The Balaban J connectivity index is 1.64. The number of nitro groups is 1. The fourth-order valence-corrected chi connectivity index (χ4v) is 2.50. The Morgan fingerprint density at radius 1 is 1.20 bits per heavy atom. The van der Waals surface area contributed by atoms with Crippen LogP contribution in [0.2, 0.25) is 0 Å². The van der Waals surface area contributed by atoms with Crippen molar-refractivity contribution in [3.63, 3.8) is 0 Å². The summed E-state index contributed by atoms with van der Waals surface area (Å²) < 4.78 is 5.40. The predicted octanol–water partition coefficient (Wildman–Crippen LogP) is 2.77. The fourth-order valence-electron chi connectivity index (χ4n) is 1.93. The van der Waals surface area contributed by atoms with Crippen LogP contribution in [0.5, 0.6) is 0 Å². The van der Waals surface area contributed by atoms with Crippen LogP contribution in [-0.2, 0) is 4.79 Å². The van der Waals surface area contributed by atoms with Crippen LogP contribution in [0.3, 0.4) is 0 Å². The smallest absolute Gasteiger partial charge is 0.282 e. The first-order chi connectivity index (χ1) is 12.1. The summed E-state index contributed by atoms with van der Waals surface area (Å²) in [6, 6.07) is 11.2. The summed E-state index contributed by atoms with van der Waals surface area (Å²) in [5.41, 5.74) is 0.0976. The molecular weight excluding hydrogens is 346 g/mol. The van der Waals surface area contributed by atoms with Crippen molar-refractivity contribution in [3.8, 4) is 11.5 Å². The van der Waals surface area contributed by atoms with Crippen LogP contribution in [0.25, 0.3) is 11.5 Å². The molecule has 3 rings (SSSR count). The number of para-hydroxylation sites is 1. The lowest BCUT2D eigenvalue weighted by atomic mass is 10.2. The first-order valence-corrected chi connectivity index (χ1v) is 8.03. The summed E-state index contributed by atoms with van der Waals surface area (Å²) in [4.78, 5) is 26.4. The van der Waals surface area contributed by atoms with Crippen LogP contribution >= 0.6 is 11.8 Å². The third kappa shape index (κ3) is 4.18. The van der Waals surface area contributed by atoms with Gasteiger partial charge in [0.1, 0.15) is 11.4 Å². The van der Waals surface area contributed by atoms with Crippen LogP contribution in [-0.4, -0.2) is 31.8 Å². The highest BCUT2D eigenvalue weighted by molar-refractivity contribution is 7.99. The lowest BCUT2D eigenvalue weighted by Crippen LogP contribution is -2.14. The maximum atomic E-state index is 11.9. The Morgan fingerprint density at radius 2 is 2.00 bits per heavy atom. The van der Waals surface area contributed by atoms with Gasteiger partial charge in [0, 0.05) is 12.3 Å². The molecule has 0 radical (unpaired) electrons. The maximum absolute atomic E-state index is 11.9. The van der Waals surface area contributed by atoms with E-state index in [0.29, 0.717) is 5.82 Å². The molecule has 1 aromatic carbocycles. The molecule has 0 unspecified atom stereocenters. The first kappa shape index (κ1) is 16.6. The van der Waals surface area contributed by atoms with Gasteiger partial charge in [0.2, 0.25) is 5.91 Å². The van der Waals surface area contributed by atoms with Gasteiger partial charge in [-0.3, -0.25) is 14.9 Å². The van der Waals surface area contributed by atoms with Crippen LogP contribution in [0.15, 0.2) is 58.3 Å². The van der Waals surface area contributed by atoms with Crippen molar-refractivity contribution in [1.29, 1.82) is 0 Å². The molecule has 0 fully saturated rings. The molecule has 0 spiro atoms. The number of amides is 1. The second-order valence-electron chi connectivity index (χ2n) is 4.70. The van der Waals surface area contributed by atoms with E-state index in [9.17, 15) is 14.9 Å². The van der Waals surface area contributed by atoms with Gasteiger partial charge in [-0.25, -0.2) is 4.98 Å². The number of aromatic nitrogens is 3. The van der Waals surface area contributed by atoms with Gasteiger partial charge in [0.15, 0.2) is 0 Å². The summed E-state index contributed by atoms with van der Waals surface area (Å²) in [5, 5.41) is 21.4. The number of pyridine rings is 1. The van der Waals surface area contributed by atoms with E-state index < -0.39 is 4.92 Å². The van der Waals surface area contributed by atoms with Gasteiger partial charge in [-0.05, 0) is 18.2 Å². The van der Waals surface area contributed by atoms with Crippen molar-refractivity contribution in [1.82, 2.24) is 15.2 Å². The molecule has 0 saturated carbocycles. The number of hydrogen-bond acceptors (Lipinski definition) is 8. The number of carbonyl (C=O) groups is 1. The van der Waals surface area contributed by atoms with Gasteiger partial charge in [0.25, 0.3) is 16.8 Å². The maximum Gasteiger partial charge on any atom is 0.282 e. The number of nitrogens with zero attached hydrogens (tertiary/aromatic N) is 4. The summed E-state index contributed by atoms with van der Waals surface area (Å²) in [5.74, 6) is 0.225. The Bertz CT molecular complexity index is 900. The van der Waals surface area contributed by atoms with Gasteiger partial charge < -0.3 is 9.73 Å². The van der Waals surface area contributed by atoms with Crippen molar-refractivity contribution in [2.45, 2.75) is 5.22 Å². The molecule has 126 valence electrons. The molecule has 1 amide bonds. The van der Waals surface area contributed by atoms with Gasteiger partial charge in [-0.2, -0.15) is 0 Å². The Labute approximate surface area is 145 Å². The van der Waals surface area contributed by atoms with Crippen molar-refractivity contribution in [3.05, 3.63) is 58.8 Å². The molecule has 2 heterocycles. The number of nitro benzene ring substituents is 1. The van der Waals surface area contributed by atoms with E-state index in [-0.39, 0.29) is 34.0 Å². The van der Waals surface area contributed by atoms with E-state index in [2.05, 4.69) is 20.5 Å². The minimum atomic E-state index is -0.521. The topological polar surface area (TPSA) is 124 Å². The third-order valence-electron chi connectivity index (χ3n) is 3.00. The van der Waals surface area contributed by atoms with Crippen molar-refractivity contribution < 1.29 is 14.1 Å². The Kier molecular flexibility index (Phi) is 5.00. The van der Waals surface area contributed by atoms with Crippen molar-refractivity contribution in [2.75, 3.05) is 11.1 Å². The quantitative estimate of drug-likeness (QED) is 0.406. The largest absolute Gasteiger partial charge is 0.411 e. The fraction of sp³-hybridized carbons (Fsp3) is 0.0667. The van der Waals surface area contributed by atoms with Gasteiger partial charge in [-0.15, -0.1) is 10.2 Å². The van der Waals surface area contributed by atoms with Crippen LogP contribution in [0, 0.1) is 10.1 Å². The molecule has 0 aliphatic heterocycles. The normalized spacial score (nSPS) is 10.4. The lowest BCUT2D eigenvalue weighted by Gasteiger charge is -2.01. The van der Waals surface area contributed by atoms with E-state index in [4.69, 9.17) is 4.42 Å². The highest BCUT2D eigenvalue weighted by Crippen LogP contribution is 2.30. The van der Waals surface area contributed by atoms with E-state index in [1.807, 2.05) is 0 Å². The summed E-state index contributed by atoms with van der Waals surface area (Å²) in [7, 11) is 0.